The van der Waals surface area contributed by atoms with Crippen molar-refractivity contribution in [2.45, 2.75) is 32.4 Å². The van der Waals surface area contributed by atoms with Crippen LogP contribution in [0.4, 0.5) is 11.1 Å². The lowest BCUT2D eigenvalue weighted by Crippen LogP contribution is -2.38. The van der Waals surface area contributed by atoms with Crippen LogP contribution in [0.15, 0.2) is 28.3 Å². The van der Waals surface area contributed by atoms with Crippen molar-refractivity contribution in [3.63, 3.8) is 0 Å². The van der Waals surface area contributed by atoms with Crippen LogP contribution in [-0.2, 0) is 23.6 Å². The molecule has 0 aliphatic carbocycles. The molecule has 0 aromatic carbocycles. The molecule has 0 saturated carbocycles. The van der Waals surface area contributed by atoms with E-state index in [0.717, 1.165) is 34.5 Å². The van der Waals surface area contributed by atoms with Crippen LogP contribution < -0.4 is 21.5 Å². The molecule has 2 atom stereocenters. The second-order valence-electron chi connectivity index (χ2n) is 8.98. The number of ether oxygens (including phenoxy) is 1. The summed E-state index contributed by atoms with van der Waals surface area (Å²) in [7, 11) is 4.63. The van der Waals surface area contributed by atoms with Crippen molar-refractivity contribution in [1.82, 2.24) is 33.6 Å². The van der Waals surface area contributed by atoms with Crippen molar-refractivity contribution in [3.05, 3.63) is 44.4 Å². The van der Waals surface area contributed by atoms with E-state index < -0.39 is 17.3 Å². The number of anilines is 2. The second kappa shape index (κ2) is 9.52. The zero-order valence-electron chi connectivity index (χ0n) is 21.1. The van der Waals surface area contributed by atoms with E-state index in [4.69, 9.17) is 4.74 Å². The third kappa shape index (κ3) is 4.31. The molecule has 0 spiro atoms. The molecular weight excluding hydrogens is 498 g/mol. The second-order valence-corrected chi connectivity index (χ2v) is 10.2. The summed E-state index contributed by atoms with van der Waals surface area (Å²) >= 11 is 1.34. The monoisotopic (exact) mass is 525 g/mol. The maximum absolute atomic E-state index is 13.1. The van der Waals surface area contributed by atoms with Gasteiger partial charge in [-0.2, -0.15) is 0 Å². The fourth-order valence-corrected chi connectivity index (χ4v) is 5.26. The number of carbonyl (C=O) groups excluding carboxylic acids is 1. The van der Waals surface area contributed by atoms with Gasteiger partial charge in [0, 0.05) is 57.1 Å². The van der Waals surface area contributed by atoms with Gasteiger partial charge in [-0.3, -0.25) is 18.7 Å². The van der Waals surface area contributed by atoms with Crippen molar-refractivity contribution in [2.24, 2.45) is 14.1 Å². The maximum Gasteiger partial charge on any atom is 0.332 e. The van der Waals surface area contributed by atoms with E-state index in [1.807, 2.05) is 6.92 Å². The third-order valence-corrected chi connectivity index (χ3v) is 7.56. The van der Waals surface area contributed by atoms with E-state index in [-0.39, 0.29) is 23.2 Å². The predicted molar refractivity (Wildman–Crippen MR) is 139 cm³/mol. The van der Waals surface area contributed by atoms with E-state index in [0.29, 0.717) is 16.8 Å². The number of nitrogens with zero attached hydrogens (tertiary/aromatic N) is 8. The van der Waals surface area contributed by atoms with Crippen LogP contribution in [0.3, 0.4) is 0 Å². The first-order valence-electron chi connectivity index (χ1n) is 11.7. The smallest absolute Gasteiger partial charge is 0.332 e. The SMILES string of the molecule is COC1CCN(c2ncc(-c3nc(NC(=O)C(C)n4cnc5c4c(=O)n(C)c(=O)n5C)sc3C)cn2)C1. The van der Waals surface area contributed by atoms with Crippen LogP contribution in [0, 0.1) is 6.92 Å². The van der Waals surface area contributed by atoms with Crippen LogP contribution >= 0.6 is 11.3 Å². The van der Waals surface area contributed by atoms with Gasteiger partial charge in [0.2, 0.25) is 11.9 Å². The molecule has 14 heteroatoms. The molecule has 0 radical (unpaired) electrons. The van der Waals surface area contributed by atoms with Gasteiger partial charge in [-0.1, -0.05) is 0 Å². The van der Waals surface area contributed by atoms with Gasteiger partial charge in [0.25, 0.3) is 5.56 Å². The summed E-state index contributed by atoms with van der Waals surface area (Å²) in [6, 6.07) is -0.776. The summed E-state index contributed by atoms with van der Waals surface area (Å²) in [6.07, 6.45) is 5.98. The molecule has 1 aliphatic rings. The molecule has 1 saturated heterocycles. The quantitative estimate of drug-likeness (QED) is 0.391. The lowest BCUT2D eigenvalue weighted by atomic mass is 10.2. The largest absolute Gasteiger partial charge is 0.380 e. The lowest BCUT2D eigenvalue weighted by Gasteiger charge is -2.15. The van der Waals surface area contributed by atoms with E-state index >= 15 is 0 Å². The molecule has 2 unspecified atom stereocenters. The number of aromatic nitrogens is 7. The normalized spacial score (nSPS) is 16.5. The summed E-state index contributed by atoms with van der Waals surface area (Å²) in [5, 5.41) is 3.25. The van der Waals surface area contributed by atoms with Crippen LogP contribution in [0.1, 0.15) is 24.3 Å². The summed E-state index contributed by atoms with van der Waals surface area (Å²) in [5.41, 5.74) is 0.830. The Labute approximate surface area is 215 Å². The highest BCUT2D eigenvalue weighted by Gasteiger charge is 2.25. The molecule has 1 fully saturated rings. The summed E-state index contributed by atoms with van der Waals surface area (Å²) < 4.78 is 9.15. The lowest BCUT2D eigenvalue weighted by molar-refractivity contribution is -0.118. The Morgan fingerprint density at radius 2 is 1.92 bits per heavy atom. The fourth-order valence-electron chi connectivity index (χ4n) is 4.42. The van der Waals surface area contributed by atoms with Gasteiger partial charge >= 0.3 is 5.69 Å². The van der Waals surface area contributed by atoms with E-state index in [1.165, 1.54) is 40.9 Å². The van der Waals surface area contributed by atoms with Gasteiger partial charge in [0.15, 0.2) is 16.3 Å². The molecule has 4 aromatic heterocycles. The van der Waals surface area contributed by atoms with Gasteiger partial charge in [-0.05, 0) is 20.3 Å². The topological polar surface area (TPSA) is 142 Å². The van der Waals surface area contributed by atoms with Crippen LogP contribution in [0.5, 0.6) is 0 Å². The first-order chi connectivity index (χ1) is 17.7. The Hall–Kier alpha value is -3.91. The molecule has 13 nitrogen and oxygen atoms in total. The van der Waals surface area contributed by atoms with E-state index in [1.54, 1.807) is 26.4 Å². The van der Waals surface area contributed by atoms with Gasteiger partial charge < -0.3 is 19.5 Å². The number of rotatable bonds is 6. The fraction of sp³-hybridized carbons (Fsp3) is 0.435. The van der Waals surface area contributed by atoms with E-state index in [2.05, 4.69) is 30.2 Å². The molecule has 37 heavy (non-hydrogen) atoms. The Morgan fingerprint density at radius 3 is 2.59 bits per heavy atom. The number of hydrogen-bond acceptors (Lipinski definition) is 10. The Morgan fingerprint density at radius 1 is 1.19 bits per heavy atom. The first kappa shape index (κ1) is 24.8. The van der Waals surface area contributed by atoms with E-state index in [9.17, 15) is 14.4 Å². The Bertz CT molecular complexity index is 1600. The average Bonchev–Trinajstić information content (AvgIpc) is 3.64. The minimum atomic E-state index is -0.776. The molecule has 0 bridgehead atoms. The number of nitrogens with one attached hydrogen (secondary N) is 1. The molecule has 194 valence electrons. The molecule has 1 aliphatic heterocycles. The van der Waals surface area contributed by atoms with Crippen LogP contribution in [0.2, 0.25) is 0 Å². The highest BCUT2D eigenvalue weighted by atomic mass is 32.1. The molecular formula is C23H27N9O4S. The van der Waals surface area contributed by atoms with Crippen LogP contribution in [-0.4, -0.2) is 65.8 Å². The molecule has 5 heterocycles. The highest BCUT2D eigenvalue weighted by Crippen LogP contribution is 2.31. The third-order valence-electron chi connectivity index (χ3n) is 6.67. The number of thiazole rings is 1. The molecule has 1 amide bonds. The maximum atomic E-state index is 13.1. The van der Waals surface area contributed by atoms with Gasteiger partial charge in [0.05, 0.1) is 18.1 Å². The summed E-state index contributed by atoms with van der Waals surface area (Å²) in [4.78, 5) is 58.8. The number of carbonyl (C=O) groups is 1. The van der Waals surface area contributed by atoms with Crippen molar-refractivity contribution in [1.29, 1.82) is 0 Å². The Balaban J connectivity index is 1.35. The number of aryl methyl sites for hydroxylation is 2. The van der Waals surface area contributed by atoms with Crippen LogP contribution in [0.25, 0.3) is 22.4 Å². The zero-order valence-corrected chi connectivity index (χ0v) is 21.9. The summed E-state index contributed by atoms with van der Waals surface area (Å²) in [6.45, 7) is 5.17. The number of imidazole rings is 1. The van der Waals surface area contributed by atoms with Gasteiger partial charge in [-0.15, -0.1) is 11.3 Å². The van der Waals surface area contributed by atoms with Gasteiger partial charge in [0.1, 0.15) is 6.04 Å². The zero-order chi connectivity index (χ0) is 26.4. The molecule has 5 rings (SSSR count). The minimum Gasteiger partial charge on any atom is -0.380 e. The van der Waals surface area contributed by atoms with Crippen molar-refractivity contribution >= 4 is 39.5 Å². The molecule has 4 aromatic rings. The Kier molecular flexibility index (Phi) is 6.37. The molecule has 1 N–H and O–H groups in total. The van der Waals surface area contributed by atoms with Crippen molar-refractivity contribution in [3.8, 4) is 11.3 Å². The van der Waals surface area contributed by atoms with Crippen molar-refractivity contribution < 1.29 is 9.53 Å². The minimum absolute atomic E-state index is 0.176. The number of methoxy groups -OCH3 is 1. The van der Waals surface area contributed by atoms with Gasteiger partial charge in [-0.25, -0.2) is 24.7 Å². The van der Waals surface area contributed by atoms with Crippen molar-refractivity contribution in [2.75, 3.05) is 30.4 Å². The standard InChI is InChI=1S/C23H27N9O4S/c1-12(32-11-26-18-17(32)20(34)30(4)23(35)29(18)3)19(33)28-22-27-16(13(2)37-22)14-8-24-21(25-9-14)31-7-6-15(10-31)36-5/h8-9,11-12,15H,6-7,10H2,1-5H3,(H,27,28,33). The number of hydrogen-bond donors (Lipinski definition) is 1. The highest BCUT2D eigenvalue weighted by molar-refractivity contribution is 7.16. The average molecular weight is 526 g/mol. The number of amides is 1. The first-order valence-corrected chi connectivity index (χ1v) is 12.5. The predicted octanol–water partition coefficient (Wildman–Crippen LogP) is 1.08. The number of fused-ring (bicyclic) bond motifs is 1. The summed E-state index contributed by atoms with van der Waals surface area (Å²) in [5.74, 6) is 0.276.